The Morgan fingerprint density at radius 3 is 1.22 bits per heavy atom. The molecular weight excluding hydrogens is 564 g/mol. The summed E-state index contributed by atoms with van der Waals surface area (Å²) in [5.41, 5.74) is 2.31. The molecule has 2 N–H and O–H groups in total. The molecule has 4 saturated carbocycles. The van der Waals surface area contributed by atoms with Crippen LogP contribution >= 0.6 is 0 Å². The number of ketones is 2. The number of fused-ring (bicyclic) bond motifs is 4. The third kappa shape index (κ3) is 4.71. The first-order chi connectivity index (χ1) is 18.8. The number of anilines is 2. The van der Waals surface area contributed by atoms with E-state index in [2.05, 4.69) is 41.5 Å². The van der Waals surface area contributed by atoms with Gasteiger partial charge in [0, 0.05) is 51.4 Å². The summed E-state index contributed by atoms with van der Waals surface area (Å²) in [6.07, 6.45) is 7.21. The van der Waals surface area contributed by atoms with E-state index in [0.29, 0.717) is 11.4 Å². The van der Waals surface area contributed by atoms with E-state index in [4.69, 9.17) is 0 Å². The largest absolute Gasteiger partial charge is 0.294 e. The number of nitrogens with zero attached hydrogens (tertiary/aromatic N) is 2. The molecule has 223 valence electrons. The third-order valence-electron chi connectivity index (χ3n) is 11.3. The molecular formula is C34H42CuN2O4. The van der Waals surface area contributed by atoms with Crippen molar-refractivity contribution in [1.82, 2.24) is 0 Å². The molecule has 0 spiro atoms. The maximum atomic E-state index is 12.7. The Labute approximate surface area is 254 Å². The Morgan fingerprint density at radius 2 is 0.951 bits per heavy atom. The van der Waals surface area contributed by atoms with Gasteiger partial charge in [-0.2, -0.15) is 0 Å². The monoisotopic (exact) mass is 605 g/mol. The number of Topliss-reactive ketones (excluding diaryl/α,β-unsaturated/α-hetero) is 2. The van der Waals surface area contributed by atoms with Gasteiger partial charge in [0.15, 0.2) is 11.6 Å². The first-order valence-corrected chi connectivity index (χ1v) is 14.3. The molecule has 0 saturated heterocycles. The van der Waals surface area contributed by atoms with Gasteiger partial charge in [0.1, 0.15) is 0 Å². The van der Waals surface area contributed by atoms with Crippen LogP contribution < -0.4 is 10.1 Å². The van der Waals surface area contributed by atoms with Crippen LogP contribution in [0.4, 0.5) is 11.4 Å². The van der Waals surface area contributed by atoms with Crippen molar-refractivity contribution in [1.29, 1.82) is 0 Å². The second-order valence-electron chi connectivity index (χ2n) is 13.5. The zero-order chi connectivity index (χ0) is 29.1. The van der Waals surface area contributed by atoms with E-state index in [0.717, 1.165) is 47.0 Å². The van der Waals surface area contributed by atoms with Crippen LogP contribution in [-0.2, 0) is 26.7 Å². The Kier molecular flexibility index (Phi) is 8.27. The number of hydroxylamine groups is 2. The zero-order valence-corrected chi connectivity index (χ0v) is 25.8. The van der Waals surface area contributed by atoms with Crippen LogP contribution in [0.5, 0.6) is 0 Å². The first kappa shape index (κ1) is 31.2. The Balaban J connectivity index is 0.000000184. The van der Waals surface area contributed by atoms with Crippen LogP contribution in [-0.4, -0.2) is 22.0 Å². The van der Waals surface area contributed by atoms with Crippen LogP contribution in [0.1, 0.15) is 67.2 Å². The quantitative estimate of drug-likeness (QED) is 0.212. The van der Waals surface area contributed by atoms with Gasteiger partial charge in [0.05, 0.1) is 11.4 Å². The minimum Gasteiger partial charge on any atom is -0.294 e. The molecule has 4 aliphatic rings. The van der Waals surface area contributed by atoms with Crippen LogP contribution in [0.15, 0.2) is 84.2 Å². The molecule has 2 aromatic carbocycles. The molecule has 1 radical (unpaired) electrons. The van der Waals surface area contributed by atoms with Crippen molar-refractivity contribution in [2.24, 2.45) is 33.5 Å². The van der Waals surface area contributed by atoms with Gasteiger partial charge in [-0.15, -0.1) is 0 Å². The van der Waals surface area contributed by atoms with Gasteiger partial charge in [-0.3, -0.25) is 20.0 Å². The molecule has 0 amide bonds. The van der Waals surface area contributed by atoms with E-state index in [1.807, 2.05) is 60.7 Å². The van der Waals surface area contributed by atoms with Gasteiger partial charge >= 0.3 is 0 Å². The number of benzene rings is 2. The first-order valence-electron chi connectivity index (χ1n) is 14.3. The summed E-state index contributed by atoms with van der Waals surface area (Å²) in [7, 11) is 0. The average molecular weight is 606 g/mol. The summed E-state index contributed by atoms with van der Waals surface area (Å²) < 4.78 is 0. The molecule has 0 aromatic heterocycles. The average Bonchev–Trinajstić information content (AvgIpc) is 3.42. The molecule has 7 heteroatoms. The fourth-order valence-corrected chi connectivity index (χ4v) is 7.73. The second kappa shape index (κ2) is 10.9. The number of hydrogen-bond donors (Lipinski definition) is 2. The molecule has 2 aromatic rings. The molecule has 6 nitrogen and oxygen atoms in total. The summed E-state index contributed by atoms with van der Waals surface area (Å²) >= 11 is 0. The van der Waals surface area contributed by atoms with Crippen molar-refractivity contribution < 1.29 is 37.1 Å². The van der Waals surface area contributed by atoms with Gasteiger partial charge in [0.25, 0.3) is 0 Å². The van der Waals surface area contributed by atoms with E-state index < -0.39 is 0 Å². The number of carbonyl (C=O) groups is 2. The molecule has 4 unspecified atom stereocenters. The van der Waals surface area contributed by atoms with Crippen molar-refractivity contribution >= 4 is 22.9 Å². The normalized spacial score (nSPS) is 32.1. The van der Waals surface area contributed by atoms with Gasteiger partial charge in [0.2, 0.25) is 0 Å². The second-order valence-corrected chi connectivity index (χ2v) is 13.5. The van der Waals surface area contributed by atoms with Crippen molar-refractivity contribution in [2.75, 3.05) is 10.1 Å². The summed E-state index contributed by atoms with van der Waals surface area (Å²) in [5, 5.41) is 22.5. The molecule has 4 fully saturated rings. The maximum absolute atomic E-state index is 12.7. The molecule has 4 atom stereocenters. The Hall–Kier alpha value is -2.70. The predicted octanol–water partition coefficient (Wildman–Crippen LogP) is 7.58. The SMILES string of the molecule is CC12CCC(C(=CN(O)c3ccccc3)C1=O)C2(C)C.CC12CCC(C(=CN(O)c3ccccc3)C1=O)C2(C)C.[Cu]. The van der Waals surface area contributed by atoms with E-state index in [9.17, 15) is 20.0 Å². The molecule has 6 rings (SSSR count). The van der Waals surface area contributed by atoms with Crippen LogP contribution in [0, 0.1) is 33.5 Å². The summed E-state index contributed by atoms with van der Waals surface area (Å²) in [4.78, 5) is 25.3. The van der Waals surface area contributed by atoms with Gasteiger partial charge < -0.3 is 0 Å². The minimum absolute atomic E-state index is 0. The third-order valence-corrected chi connectivity index (χ3v) is 11.3. The molecule has 0 heterocycles. The summed E-state index contributed by atoms with van der Waals surface area (Å²) in [6, 6.07) is 18.5. The van der Waals surface area contributed by atoms with Crippen LogP contribution in [0.2, 0.25) is 0 Å². The van der Waals surface area contributed by atoms with Crippen molar-refractivity contribution in [3.05, 3.63) is 84.2 Å². The van der Waals surface area contributed by atoms with E-state index in [1.54, 1.807) is 12.4 Å². The maximum Gasteiger partial charge on any atom is 0.167 e. The van der Waals surface area contributed by atoms with Crippen LogP contribution in [0.3, 0.4) is 0 Å². The minimum atomic E-state index is -0.277. The molecule has 4 bridgehead atoms. The van der Waals surface area contributed by atoms with E-state index in [1.165, 1.54) is 0 Å². The van der Waals surface area contributed by atoms with E-state index >= 15 is 0 Å². The van der Waals surface area contributed by atoms with Crippen molar-refractivity contribution in [3.63, 3.8) is 0 Å². The van der Waals surface area contributed by atoms with Gasteiger partial charge in [-0.1, -0.05) is 77.9 Å². The number of allylic oxidation sites excluding steroid dienone is 2. The standard InChI is InChI=1S/2C17H21NO2.Cu/c2*1-16(2)14-9-10-17(16,3)15(19)13(14)11-18(20)12-7-5-4-6-8-12;/h2*4-8,11,14,20H,9-10H2,1-3H3;. The predicted molar refractivity (Wildman–Crippen MR) is 157 cm³/mol. The van der Waals surface area contributed by atoms with Gasteiger partial charge in [-0.05, 0) is 72.6 Å². The van der Waals surface area contributed by atoms with Gasteiger partial charge in [-0.25, -0.2) is 10.1 Å². The number of para-hydroxylation sites is 2. The number of hydrogen-bond acceptors (Lipinski definition) is 6. The summed E-state index contributed by atoms with van der Waals surface area (Å²) in [6.45, 7) is 12.8. The topological polar surface area (TPSA) is 81.1 Å². The number of rotatable bonds is 4. The summed E-state index contributed by atoms with van der Waals surface area (Å²) in [5.74, 6) is 0.902. The number of carbonyl (C=O) groups excluding carboxylic acids is 2. The van der Waals surface area contributed by atoms with E-state index in [-0.39, 0.29) is 62.1 Å². The molecule has 41 heavy (non-hydrogen) atoms. The fraction of sp³-hybridized carbons (Fsp3) is 0.471. The molecule has 0 aliphatic heterocycles. The Bertz CT molecular complexity index is 1260. The zero-order valence-electron chi connectivity index (χ0n) is 24.8. The Morgan fingerprint density at radius 1 is 0.634 bits per heavy atom. The van der Waals surface area contributed by atoms with Crippen LogP contribution in [0.25, 0.3) is 0 Å². The smallest absolute Gasteiger partial charge is 0.167 e. The fourth-order valence-electron chi connectivity index (χ4n) is 7.73. The van der Waals surface area contributed by atoms with Crippen molar-refractivity contribution in [2.45, 2.75) is 67.2 Å². The van der Waals surface area contributed by atoms with Crippen molar-refractivity contribution in [3.8, 4) is 0 Å². The molecule has 4 aliphatic carbocycles.